The zero-order valence-corrected chi connectivity index (χ0v) is 14.8. The Balaban J connectivity index is 2.06. The topological polar surface area (TPSA) is 107 Å². The van der Waals surface area contributed by atoms with Crippen LogP contribution in [0, 0.1) is 22.7 Å². The van der Waals surface area contributed by atoms with E-state index in [1.54, 1.807) is 31.4 Å². The molecule has 0 atom stereocenters. The molecule has 0 spiro atoms. The van der Waals surface area contributed by atoms with Crippen molar-refractivity contribution in [3.05, 3.63) is 76.1 Å². The third-order valence-corrected chi connectivity index (χ3v) is 4.44. The van der Waals surface area contributed by atoms with Crippen molar-refractivity contribution in [1.82, 2.24) is 14.6 Å². The number of aromatic amines is 1. The van der Waals surface area contributed by atoms with Gasteiger partial charge < -0.3 is 4.74 Å². The average Bonchev–Trinajstić information content (AvgIpc) is 3.20. The van der Waals surface area contributed by atoms with Gasteiger partial charge in [0.25, 0.3) is 5.56 Å². The van der Waals surface area contributed by atoms with Crippen molar-refractivity contribution in [3.63, 3.8) is 0 Å². The number of fused-ring (bicyclic) bond motifs is 1. The van der Waals surface area contributed by atoms with E-state index in [-0.39, 0.29) is 22.3 Å². The summed E-state index contributed by atoms with van der Waals surface area (Å²) in [6.07, 6.45) is 0. The van der Waals surface area contributed by atoms with Crippen molar-refractivity contribution in [1.29, 1.82) is 10.5 Å². The number of hydrogen-bond acceptors (Lipinski definition) is 5. The number of rotatable bonds is 3. The Labute approximate surface area is 159 Å². The van der Waals surface area contributed by atoms with Crippen LogP contribution in [-0.4, -0.2) is 21.7 Å². The third-order valence-electron chi connectivity index (χ3n) is 4.44. The van der Waals surface area contributed by atoms with Crippen molar-refractivity contribution in [2.75, 3.05) is 7.11 Å². The highest BCUT2D eigenvalue weighted by atomic mass is 16.5. The van der Waals surface area contributed by atoms with Gasteiger partial charge in [-0.2, -0.15) is 15.0 Å². The van der Waals surface area contributed by atoms with E-state index in [1.807, 2.05) is 36.4 Å². The SMILES string of the molecule is COc1ccc(-c2c(C#N)c(=O)n3[nH]c(-c4ccccc4)nc3c2C#N)cc1. The first-order chi connectivity index (χ1) is 13.7. The highest BCUT2D eigenvalue weighted by Gasteiger charge is 2.22. The number of H-pyrrole nitrogens is 1. The lowest BCUT2D eigenvalue weighted by atomic mass is 9.97. The Morgan fingerprint density at radius 2 is 1.64 bits per heavy atom. The van der Waals surface area contributed by atoms with Crippen LogP contribution in [0.1, 0.15) is 11.1 Å². The fourth-order valence-electron chi connectivity index (χ4n) is 3.09. The van der Waals surface area contributed by atoms with E-state index in [0.717, 1.165) is 10.1 Å². The molecule has 0 saturated heterocycles. The molecule has 0 radical (unpaired) electrons. The van der Waals surface area contributed by atoms with Gasteiger partial charge in [-0.15, -0.1) is 0 Å². The van der Waals surface area contributed by atoms with Crippen LogP contribution in [0.2, 0.25) is 0 Å². The molecule has 0 aliphatic carbocycles. The third kappa shape index (κ3) is 2.59. The molecule has 0 fully saturated rings. The summed E-state index contributed by atoms with van der Waals surface area (Å²) in [6.45, 7) is 0. The van der Waals surface area contributed by atoms with Crippen LogP contribution in [0.4, 0.5) is 0 Å². The van der Waals surface area contributed by atoms with E-state index in [9.17, 15) is 15.3 Å². The first-order valence-corrected chi connectivity index (χ1v) is 8.36. The molecule has 2 aromatic heterocycles. The largest absolute Gasteiger partial charge is 0.497 e. The smallest absolute Gasteiger partial charge is 0.289 e. The molecule has 0 aliphatic rings. The van der Waals surface area contributed by atoms with E-state index in [0.29, 0.717) is 17.1 Å². The highest BCUT2D eigenvalue weighted by Crippen LogP contribution is 2.30. The number of benzene rings is 2. The molecule has 2 aromatic carbocycles. The molecule has 0 bridgehead atoms. The van der Waals surface area contributed by atoms with Gasteiger partial charge in [0.1, 0.15) is 29.0 Å². The van der Waals surface area contributed by atoms with Crippen molar-refractivity contribution in [3.8, 4) is 40.4 Å². The molecule has 134 valence electrons. The maximum atomic E-state index is 12.9. The fourth-order valence-corrected chi connectivity index (χ4v) is 3.09. The van der Waals surface area contributed by atoms with Gasteiger partial charge in [0.05, 0.1) is 7.11 Å². The first-order valence-electron chi connectivity index (χ1n) is 8.36. The number of nitrogens with zero attached hydrogens (tertiary/aromatic N) is 4. The monoisotopic (exact) mass is 367 g/mol. The molecule has 1 N–H and O–H groups in total. The predicted molar refractivity (Wildman–Crippen MR) is 103 cm³/mol. The van der Waals surface area contributed by atoms with Gasteiger partial charge >= 0.3 is 0 Å². The molecule has 7 nitrogen and oxygen atoms in total. The maximum Gasteiger partial charge on any atom is 0.289 e. The Kier molecular flexibility index (Phi) is 4.11. The lowest BCUT2D eigenvalue weighted by molar-refractivity contribution is 0.415. The van der Waals surface area contributed by atoms with Crippen LogP contribution in [-0.2, 0) is 0 Å². The van der Waals surface area contributed by atoms with Crippen molar-refractivity contribution in [2.45, 2.75) is 0 Å². The molecule has 0 aliphatic heterocycles. The number of pyridine rings is 1. The van der Waals surface area contributed by atoms with Gasteiger partial charge in [-0.1, -0.05) is 42.5 Å². The number of aromatic nitrogens is 3. The molecule has 0 unspecified atom stereocenters. The molecule has 28 heavy (non-hydrogen) atoms. The maximum absolute atomic E-state index is 12.9. The summed E-state index contributed by atoms with van der Waals surface area (Å²) in [4.78, 5) is 17.4. The second-order valence-electron chi connectivity index (χ2n) is 5.98. The molecule has 0 saturated carbocycles. The molecule has 4 rings (SSSR count). The summed E-state index contributed by atoms with van der Waals surface area (Å²) in [6, 6.07) is 20.1. The van der Waals surface area contributed by atoms with Crippen molar-refractivity contribution >= 4 is 5.65 Å². The lowest BCUT2D eigenvalue weighted by Gasteiger charge is -2.08. The van der Waals surface area contributed by atoms with Gasteiger partial charge in [0.2, 0.25) is 0 Å². The molecular weight excluding hydrogens is 354 g/mol. The molecular formula is C21H13N5O2. The zero-order chi connectivity index (χ0) is 19.7. The van der Waals surface area contributed by atoms with E-state index >= 15 is 0 Å². The minimum absolute atomic E-state index is 0.123. The van der Waals surface area contributed by atoms with Crippen LogP contribution in [0.5, 0.6) is 5.75 Å². The molecule has 0 amide bonds. The van der Waals surface area contributed by atoms with Crippen LogP contribution in [0.25, 0.3) is 28.2 Å². The average molecular weight is 367 g/mol. The second kappa shape index (κ2) is 6.75. The van der Waals surface area contributed by atoms with Gasteiger partial charge in [-0.25, -0.2) is 4.98 Å². The van der Waals surface area contributed by atoms with E-state index < -0.39 is 5.56 Å². The quantitative estimate of drug-likeness (QED) is 0.599. The van der Waals surface area contributed by atoms with Gasteiger partial charge in [-0.3, -0.25) is 9.89 Å². The second-order valence-corrected chi connectivity index (χ2v) is 5.98. The predicted octanol–water partition coefficient (Wildman–Crippen LogP) is 3.11. The highest BCUT2D eigenvalue weighted by molar-refractivity contribution is 5.82. The van der Waals surface area contributed by atoms with Crippen LogP contribution < -0.4 is 10.3 Å². The van der Waals surface area contributed by atoms with Gasteiger partial charge in [0, 0.05) is 11.1 Å². The number of ether oxygens (including phenoxy) is 1. The minimum atomic E-state index is -0.558. The number of nitrogens with one attached hydrogen (secondary N) is 1. The fraction of sp³-hybridized carbons (Fsp3) is 0.0476. The van der Waals surface area contributed by atoms with E-state index in [2.05, 4.69) is 16.2 Å². The molecule has 7 heteroatoms. The first kappa shape index (κ1) is 17.1. The Hall–Kier alpha value is -4.36. The van der Waals surface area contributed by atoms with E-state index in [4.69, 9.17) is 4.74 Å². The summed E-state index contributed by atoms with van der Waals surface area (Å²) >= 11 is 0. The summed E-state index contributed by atoms with van der Waals surface area (Å²) in [7, 11) is 1.55. The Morgan fingerprint density at radius 1 is 0.964 bits per heavy atom. The van der Waals surface area contributed by atoms with Crippen LogP contribution in [0.3, 0.4) is 0 Å². The van der Waals surface area contributed by atoms with Crippen molar-refractivity contribution < 1.29 is 4.74 Å². The Morgan fingerprint density at radius 3 is 2.25 bits per heavy atom. The lowest BCUT2D eigenvalue weighted by Crippen LogP contribution is -2.20. The zero-order valence-electron chi connectivity index (χ0n) is 14.8. The number of hydrogen-bond donors (Lipinski definition) is 1. The number of methoxy groups -OCH3 is 1. The summed E-state index contributed by atoms with van der Waals surface area (Å²) in [5, 5.41) is 22.3. The summed E-state index contributed by atoms with van der Waals surface area (Å²) in [5.74, 6) is 1.06. The van der Waals surface area contributed by atoms with Gasteiger partial charge in [0.15, 0.2) is 11.5 Å². The van der Waals surface area contributed by atoms with E-state index in [1.165, 1.54) is 0 Å². The Bertz CT molecular complexity index is 1320. The standard InChI is InChI=1S/C21H13N5O2/c1-28-15-9-7-13(8-10-15)18-16(11-22)20-24-19(14-5-3-2-4-6-14)25-26(20)21(27)17(18)12-23/h2-10H,1H3,(H,24,25). The van der Waals surface area contributed by atoms with Crippen LogP contribution >= 0.6 is 0 Å². The van der Waals surface area contributed by atoms with Crippen LogP contribution in [0.15, 0.2) is 59.4 Å². The number of nitriles is 2. The summed E-state index contributed by atoms with van der Waals surface area (Å²) in [5.41, 5.74) is 1.25. The normalized spacial score (nSPS) is 10.4. The molecule has 4 aromatic rings. The van der Waals surface area contributed by atoms with Crippen molar-refractivity contribution in [2.24, 2.45) is 0 Å². The summed E-state index contributed by atoms with van der Waals surface area (Å²) < 4.78 is 6.30. The minimum Gasteiger partial charge on any atom is -0.497 e. The molecule has 2 heterocycles. The van der Waals surface area contributed by atoms with Gasteiger partial charge in [-0.05, 0) is 17.7 Å².